The Labute approximate surface area is 172 Å². The zero-order valence-electron chi connectivity index (χ0n) is 17.6. The Balaban J connectivity index is 2.15. The number of hydrogen-bond acceptors (Lipinski definition) is 7. The first-order valence-corrected chi connectivity index (χ1v) is 9.79. The smallest absolute Gasteiger partial charge is 0.341 e. The first kappa shape index (κ1) is 22.5. The highest BCUT2D eigenvalue weighted by molar-refractivity contribution is 6.42. The predicted molar refractivity (Wildman–Crippen MR) is 112 cm³/mol. The van der Waals surface area contributed by atoms with Crippen molar-refractivity contribution in [3.05, 3.63) is 41.7 Å². The number of rotatable bonds is 9. The molecule has 0 saturated heterocycles. The highest BCUT2D eigenvalue weighted by Gasteiger charge is 2.23. The summed E-state index contributed by atoms with van der Waals surface area (Å²) in [6.07, 6.45) is 7.18. The van der Waals surface area contributed by atoms with Gasteiger partial charge in [0.05, 0.1) is 20.5 Å². The molecule has 0 bridgehead atoms. The van der Waals surface area contributed by atoms with Gasteiger partial charge in [0.1, 0.15) is 30.7 Å². The fraction of sp³-hybridized carbons (Fsp3) is 0.500. The number of methoxy groups -OCH3 is 2. The number of esters is 1. The van der Waals surface area contributed by atoms with E-state index in [1.54, 1.807) is 7.11 Å². The molecule has 2 rings (SSSR count). The Hall–Kier alpha value is -2.83. The highest BCUT2D eigenvalue weighted by atomic mass is 16.6. The molecule has 0 unspecified atom stereocenters. The van der Waals surface area contributed by atoms with Crippen molar-refractivity contribution in [2.45, 2.75) is 45.6 Å². The first-order valence-electron chi connectivity index (χ1n) is 9.79. The average Bonchev–Trinajstić information content (AvgIpc) is 2.76. The average molecular weight is 402 g/mol. The van der Waals surface area contributed by atoms with Crippen LogP contribution in [0.15, 0.2) is 40.8 Å². The molecule has 1 fully saturated rings. The monoisotopic (exact) mass is 402 g/mol. The van der Waals surface area contributed by atoms with E-state index in [-0.39, 0.29) is 6.61 Å². The lowest BCUT2D eigenvalue weighted by Gasteiger charge is -2.22. The fourth-order valence-corrected chi connectivity index (χ4v) is 3.51. The van der Waals surface area contributed by atoms with Crippen LogP contribution in [-0.2, 0) is 30.6 Å². The minimum Gasteiger partial charge on any atom is -0.503 e. The third-order valence-electron chi connectivity index (χ3n) is 4.92. The lowest BCUT2D eigenvalue weighted by atomic mass is 9.84. The van der Waals surface area contributed by atoms with E-state index in [1.165, 1.54) is 39.7 Å². The Bertz CT molecular complexity index is 764. The minimum absolute atomic E-state index is 0.191. The summed E-state index contributed by atoms with van der Waals surface area (Å²) in [5, 5.41) is 8.46. The molecule has 158 valence electrons. The molecule has 1 saturated carbocycles. The van der Waals surface area contributed by atoms with Crippen LogP contribution in [0.1, 0.15) is 50.2 Å². The van der Waals surface area contributed by atoms with Crippen LogP contribution in [0.2, 0.25) is 0 Å². The Morgan fingerprint density at radius 3 is 2.48 bits per heavy atom. The normalized spacial score (nSPS) is 16.3. The summed E-state index contributed by atoms with van der Waals surface area (Å²) in [5.41, 5.74) is 3.33. The lowest BCUT2D eigenvalue weighted by molar-refractivity contribution is -0.133. The summed E-state index contributed by atoms with van der Waals surface area (Å²) in [6, 6.07) is 7.40. The van der Waals surface area contributed by atoms with Crippen molar-refractivity contribution >= 4 is 23.0 Å². The van der Waals surface area contributed by atoms with Crippen LogP contribution in [0.3, 0.4) is 0 Å². The SMILES string of the molecule is CO/C=C(/C(=O)OC)c1ccccc1CO/N=C(C)\C(=N/OC)C1CCCCC1. The molecule has 0 heterocycles. The second-order valence-electron chi connectivity index (χ2n) is 6.86. The molecule has 0 spiro atoms. The summed E-state index contributed by atoms with van der Waals surface area (Å²) in [4.78, 5) is 22.8. The molecule has 1 aliphatic rings. The second kappa shape index (κ2) is 11.9. The van der Waals surface area contributed by atoms with E-state index < -0.39 is 5.97 Å². The van der Waals surface area contributed by atoms with E-state index in [4.69, 9.17) is 19.1 Å². The summed E-state index contributed by atoms with van der Waals surface area (Å²) in [6.45, 7) is 2.07. The number of benzene rings is 1. The molecule has 0 atom stereocenters. The molecule has 7 heteroatoms. The van der Waals surface area contributed by atoms with Crippen molar-refractivity contribution in [1.82, 2.24) is 0 Å². The molecule has 0 amide bonds. The van der Waals surface area contributed by atoms with Crippen molar-refractivity contribution in [3.63, 3.8) is 0 Å². The highest BCUT2D eigenvalue weighted by Crippen LogP contribution is 2.26. The summed E-state index contributed by atoms with van der Waals surface area (Å²) < 4.78 is 9.90. The standard InChI is InChI=1S/C22H30N2O5/c1-16(21(24-28-4)17-10-6-5-7-11-17)23-29-14-18-12-8-9-13-19(18)20(15-26-2)22(25)27-3/h8-9,12-13,15,17H,5-7,10-11,14H2,1-4H3/b20-15+,23-16-,24-21+. The van der Waals surface area contributed by atoms with Crippen molar-refractivity contribution in [1.29, 1.82) is 0 Å². The van der Waals surface area contributed by atoms with Crippen molar-refractivity contribution in [3.8, 4) is 0 Å². The van der Waals surface area contributed by atoms with E-state index in [2.05, 4.69) is 10.3 Å². The zero-order chi connectivity index (χ0) is 21.1. The third-order valence-corrected chi connectivity index (χ3v) is 4.92. The Kier molecular flexibility index (Phi) is 9.21. The van der Waals surface area contributed by atoms with Crippen LogP contribution in [0.25, 0.3) is 5.57 Å². The van der Waals surface area contributed by atoms with Gasteiger partial charge in [-0.25, -0.2) is 4.79 Å². The quantitative estimate of drug-likeness (QED) is 0.202. The van der Waals surface area contributed by atoms with Gasteiger partial charge in [-0.05, 0) is 25.3 Å². The first-order chi connectivity index (χ1) is 14.1. The molecule has 0 N–H and O–H groups in total. The van der Waals surface area contributed by atoms with Gasteiger partial charge in [0, 0.05) is 11.5 Å². The Morgan fingerprint density at radius 2 is 1.83 bits per heavy atom. The van der Waals surface area contributed by atoms with Gasteiger partial charge in [-0.1, -0.05) is 53.8 Å². The number of oxime groups is 2. The molecule has 0 aromatic heterocycles. The summed E-state index contributed by atoms with van der Waals surface area (Å²) in [7, 11) is 4.36. The number of carbonyl (C=O) groups is 1. The van der Waals surface area contributed by atoms with Gasteiger partial charge < -0.3 is 19.1 Å². The second-order valence-corrected chi connectivity index (χ2v) is 6.86. The van der Waals surface area contributed by atoms with Crippen LogP contribution in [0.5, 0.6) is 0 Å². The maximum Gasteiger partial charge on any atom is 0.341 e. The van der Waals surface area contributed by atoms with Gasteiger partial charge in [-0.15, -0.1) is 0 Å². The number of ether oxygens (including phenoxy) is 2. The molecular weight excluding hydrogens is 372 g/mol. The van der Waals surface area contributed by atoms with Crippen LogP contribution in [0.4, 0.5) is 0 Å². The molecule has 0 aliphatic heterocycles. The Morgan fingerprint density at radius 1 is 1.10 bits per heavy atom. The van der Waals surface area contributed by atoms with E-state index >= 15 is 0 Å². The van der Waals surface area contributed by atoms with Gasteiger partial charge in [-0.3, -0.25) is 0 Å². The van der Waals surface area contributed by atoms with Gasteiger partial charge in [0.25, 0.3) is 0 Å². The van der Waals surface area contributed by atoms with Crippen LogP contribution in [-0.4, -0.2) is 38.7 Å². The number of nitrogens with zero attached hydrogens (tertiary/aromatic N) is 2. The maximum absolute atomic E-state index is 12.1. The summed E-state index contributed by atoms with van der Waals surface area (Å²) in [5.74, 6) is -0.135. The zero-order valence-corrected chi connectivity index (χ0v) is 17.6. The predicted octanol–water partition coefficient (Wildman–Crippen LogP) is 4.32. The largest absolute Gasteiger partial charge is 0.503 e. The van der Waals surface area contributed by atoms with Crippen molar-refractivity contribution in [2.75, 3.05) is 21.3 Å². The molecule has 0 radical (unpaired) electrons. The molecule has 1 aromatic carbocycles. The van der Waals surface area contributed by atoms with Crippen LogP contribution >= 0.6 is 0 Å². The van der Waals surface area contributed by atoms with Crippen molar-refractivity contribution in [2.24, 2.45) is 16.2 Å². The van der Waals surface area contributed by atoms with E-state index in [0.29, 0.717) is 22.8 Å². The molecule has 1 aliphatic carbocycles. The maximum atomic E-state index is 12.1. The molecular formula is C22H30N2O5. The van der Waals surface area contributed by atoms with E-state index in [0.717, 1.165) is 24.1 Å². The third kappa shape index (κ3) is 6.34. The number of carbonyl (C=O) groups excluding carboxylic acids is 1. The van der Waals surface area contributed by atoms with Crippen LogP contribution in [0, 0.1) is 5.92 Å². The number of hydrogen-bond donors (Lipinski definition) is 0. The van der Waals surface area contributed by atoms with Gasteiger partial charge >= 0.3 is 5.97 Å². The van der Waals surface area contributed by atoms with E-state index in [1.807, 2.05) is 31.2 Å². The molecule has 29 heavy (non-hydrogen) atoms. The van der Waals surface area contributed by atoms with Crippen LogP contribution < -0.4 is 0 Å². The summed E-state index contributed by atoms with van der Waals surface area (Å²) >= 11 is 0. The molecule has 7 nitrogen and oxygen atoms in total. The van der Waals surface area contributed by atoms with Gasteiger partial charge in [0.2, 0.25) is 0 Å². The van der Waals surface area contributed by atoms with Crippen molar-refractivity contribution < 1.29 is 23.9 Å². The molecule has 1 aromatic rings. The van der Waals surface area contributed by atoms with Gasteiger partial charge in [0.15, 0.2) is 0 Å². The van der Waals surface area contributed by atoms with E-state index in [9.17, 15) is 4.79 Å². The topological polar surface area (TPSA) is 78.7 Å². The lowest BCUT2D eigenvalue weighted by Crippen LogP contribution is -2.25. The fourth-order valence-electron chi connectivity index (χ4n) is 3.51. The van der Waals surface area contributed by atoms with Gasteiger partial charge in [-0.2, -0.15) is 0 Å². The minimum atomic E-state index is -0.481.